The Labute approximate surface area is 199 Å². The van der Waals surface area contributed by atoms with Crippen LogP contribution in [0.25, 0.3) is 28.0 Å². The van der Waals surface area contributed by atoms with E-state index in [0.717, 1.165) is 0 Å². The number of nitrogens with two attached hydrogens (primary N) is 2. The van der Waals surface area contributed by atoms with Gasteiger partial charge in [0.25, 0.3) is 5.56 Å². The van der Waals surface area contributed by atoms with Gasteiger partial charge < -0.3 is 11.5 Å². The number of hydrogen-bond donors (Lipinski definition) is 2. The smallest absolute Gasteiger partial charge is 0.268 e. The van der Waals surface area contributed by atoms with Crippen molar-refractivity contribution in [1.29, 1.82) is 0 Å². The van der Waals surface area contributed by atoms with Crippen molar-refractivity contribution in [3.05, 3.63) is 83.2 Å². The number of hydrogen-bond acceptors (Lipinski definition) is 7. The number of nitrogen functional groups attached to an aromatic ring is 2. The van der Waals surface area contributed by atoms with Crippen LogP contribution in [0.1, 0.15) is 12.2 Å². The Bertz CT molecular complexity index is 1590. The third kappa shape index (κ3) is 4.07. The van der Waals surface area contributed by atoms with Crippen LogP contribution in [0.3, 0.4) is 0 Å². The molecule has 0 aliphatic heterocycles. The van der Waals surface area contributed by atoms with Gasteiger partial charge in [-0.25, -0.2) is 18.9 Å². The van der Waals surface area contributed by atoms with Crippen molar-refractivity contribution in [2.45, 2.75) is 19.4 Å². The highest BCUT2D eigenvalue weighted by atomic mass is 19.1. The minimum absolute atomic E-state index is 0.0334. The molecule has 0 spiro atoms. The Hall–Kier alpha value is -4.67. The van der Waals surface area contributed by atoms with Gasteiger partial charge >= 0.3 is 0 Å². The van der Waals surface area contributed by atoms with Crippen molar-refractivity contribution in [3.8, 4) is 17.1 Å². The zero-order chi connectivity index (χ0) is 24.5. The number of fused-ring (bicyclic) bond motifs is 1. The van der Waals surface area contributed by atoms with E-state index in [4.69, 9.17) is 11.5 Å². The van der Waals surface area contributed by atoms with Crippen molar-refractivity contribution < 1.29 is 8.96 Å². The number of anilines is 2. The summed E-state index contributed by atoms with van der Waals surface area (Å²) in [5.74, 6) is 0.941. The molecule has 0 saturated carbocycles. The zero-order valence-corrected chi connectivity index (χ0v) is 19.0. The van der Waals surface area contributed by atoms with Crippen LogP contribution in [-0.2, 0) is 20.0 Å². The molecule has 3 heterocycles. The largest absolute Gasteiger partial charge is 0.369 e. The minimum atomic E-state index is -0.594. The van der Waals surface area contributed by atoms with Gasteiger partial charge in [-0.1, -0.05) is 29.2 Å². The topological polar surface area (TPSA) is 134 Å². The van der Waals surface area contributed by atoms with Crippen LogP contribution in [-0.4, -0.2) is 29.3 Å². The third-order valence-corrected chi connectivity index (χ3v) is 5.71. The van der Waals surface area contributed by atoms with Gasteiger partial charge in [0.1, 0.15) is 23.4 Å². The summed E-state index contributed by atoms with van der Waals surface area (Å²) in [6.45, 7) is 0.477. The molecule has 5 aromatic rings. The fourth-order valence-electron chi connectivity index (χ4n) is 4.05. The first kappa shape index (κ1) is 22.1. The molecule has 0 amide bonds. The Morgan fingerprint density at radius 3 is 2.60 bits per heavy atom. The van der Waals surface area contributed by atoms with Gasteiger partial charge in [-0.15, -0.1) is 0 Å². The SMILES string of the molecule is Cn1cnc(-c2c(N)nc[n+](CCCc3nc4cccc(F)c4c(=O)n3-c3ccccc3)c2N)n1. The highest BCUT2D eigenvalue weighted by molar-refractivity contribution is 5.78. The highest BCUT2D eigenvalue weighted by Crippen LogP contribution is 2.24. The minimum Gasteiger partial charge on any atom is -0.369 e. The van der Waals surface area contributed by atoms with E-state index < -0.39 is 11.4 Å². The second kappa shape index (κ2) is 8.93. The normalized spacial score (nSPS) is 11.3. The summed E-state index contributed by atoms with van der Waals surface area (Å²) >= 11 is 0. The standard InChI is InChI=1S/C24H22FN9O/c1-32-13-29-23(31-32)20-21(26)28-14-33(22(20)27)12-6-11-18-30-17-10-5-9-16(25)19(17)24(35)34(18)15-7-3-2-4-8-15/h2-5,7-10,13-14H,6,11-12H2,1H3,(H3,26,27,31)/p+1. The lowest BCUT2D eigenvalue weighted by Crippen LogP contribution is -2.39. The van der Waals surface area contributed by atoms with E-state index in [-0.39, 0.29) is 11.2 Å². The van der Waals surface area contributed by atoms with Crippen molar-refractivity contribution in [3.63, 3.8) is 0 Å². The van der Waals surface area contributed by atoms with Crippen LogP contribution in [0.4, 0.5) is 16.0 Å². The molecular formula is C24H23FN9O+. The van der Waals surface area contributed by atoms with E-state index in [1.807, 2.05) is 18.2 Å². The number of rotatable bonds is 6. The molecule has 10 nitrogen and oxygen atoms in total. The maximum Gasteiger partial charge on any atom is 0.268 e. The third-order valence-electron chi connectivity index (χ3n) is 5.71. The Kier molecular flexibility index (Phi) is 5.65. The summed E-state index contributed by atoms with van der Waals surface area (Å²) in [6.07, 6.45) is 4.13. The second-order valence-electron chi connectivity index (χ2n) is 8.07. The number of halogens is 1. The molecule has 4 N–H and O–H groups in total. The maximum absolute atomic E-state index is 14.5. The van der Waals surface area contributed by atoms with Gasteiger partial charge in [-0.2, -0.15) is 5.10 Å². The van der Waals surface area contributed by atoms with Gasteiger partial charge in [0.05, 0.1) is 17.7 Å². The monoisotopic (exact) mass is 472 g/mol. The predicted octanol–water partition coefficient (Wildman–Crippen LogP) is 1.80. The summed E-state index contributed by atoms with van der Waals surface area (Å²) in [7, 11) is 1.75. The van der Waals surface area contributed by atoms with Gasteiger partial charge in [-0.3, -0.25) is 14.0 Å². The van der Waals surface area contributed by atoms with E-state index in [2.05, 4.69) is 20.1 Å². The van der Waals surface area contributed by atoms with Gasteiger partial charge in [0.15, 0.2) is 11.4 Å². The Balaban J connectivity index is 1.49. The molecule has 0 saturated heterocycles. The lowest BCUT2D eigenvalue weighted by molar-refractivity contribution is -0.685. The quantitative estimate of drug-likeness (QED) is 0.360. The van der Waals surface area contributed by atoms with Crippen LogP contribution >= 0.6 is 0 Å². The first-order chi connectivity index (χ1) is 16.9. The van der Waals surface area contributed by atoms with Crippen molar-refractivity contribution >= 4 is 22.5 Å². The molecule has 3 aromatic heterocycles. The van der Waals surface area contributed by atoms with Gasteiger partial charge in [0, 0.05) is 13.5 Å². The van der Waals surface area contributed by atoms with E-state index >= 15 is 0 Å². The molecule has 0 fully saturated rings. The van der Waals surface area contributed by atoms with Crippen LogP contribution < -0.4 is 21.6 Å². The van der Waals surface area contributed by atoms with Crippen molar-refractivity contribution in [2.24, 2.45) is 7.05 Å². The molecule has 0 atom stereocenters. The molecule has 0 bridgehead atoms. The van der Waals surface area contributed by atoms with E-state index in [9.17, 15) is 9.18 Å². The molecule has 176 valence electrons. The van der Waals surface area contributed by atoms with Crippen LogP contribution in [0, 0.1) is 5.82 Å². The molecule has 35 heavy (non-hydrogen) atoms. The first-order valence-electron chi connectivity index (χ1n) is 11.0. The molecular weight excluding hydrogens is 449 g/mol. The fraction of sp³-hybridized carbons (Fsp3) is 0.167. The van der Waals surface area contributed by atoms with E-state index in [1.54, 1.807) is 53.2 Å². The second-order valence-corrected chi connectivity index (χ2v) is 8.07. The summed E-state index contributed by atoms with van der Waals surface area (Å²) < 4.78 is 19.3. The van der Waals surface area contributed by atoms with Crippen LogP contribution in [0.5, 0.6) is 0 Å². The molecule has 0 aliphatic rings. The fourth-order valence-corrected chi connectivity index (χ4v) is 4.05. The molecule has 5 rings (SSSR count). The number of aromatic nitrogens is 7. The Morgan fingerprint density at radius 1 is 1.06 bits per heavy atom. The Morgan fingerprint density at radius 2 is 1.86 bits per heavy atom. The maximum atomic E-state index is 14.5. The number of nitrogens with zero attached hydrogens (tertiary/aromatic N) is 7. The number of para-hydroxylation sites is 1. The van der Waals surface area contributed by atoms with Crippen molar-refractivity contribution in [2.75, 3.05) is 11.5 Å². The number of aryl methyl sites for hydroxylation is 3. The van der Waals surface area contributed by atoms with E-state index in [1.165, 1.54) is 10.6 Å². The van der Waals surface area contributed by atoms with Crippen LogP contribution in [0.15, 0.2) is 66.0 Å². The average molecular weight is 473 g/mol. The molecule has 0 unspecified atom stereocenters. The van der Waals surface area contributed by atoms with E-state index in [0.29, 0.717) is 53.6 Å². The number of benzene rings is 2. The van der Waals surface area contributed by atoms with Crippen molar-refractivity contribution in [1.82, 2.24) is 29.3 Å². The lowest BCUT2D eigenvalue weighted by Gasteiger charge is -2.14. The molecule has 11 heteroatoms. The predicted molar refractivity (Wildman–Crippen MR) is 129 cm³/mol. The highest BCUT2D eigenvalue weighted by Gasteiger charge is 2.22. The molecule has 2 aromatic carbocycles. The van der Waals surface area contributed by atoms with Gasteiger partial charge in [-0.05, 0) is 30.7 Å². The summed E-state index contributed by atoms with van der Waals surface area (Å²) in [6, 6.07) is 13.5. The summed E-state index contributed by atoms with van der Waals surface area (Å²) in [5.41, 5.74) is 13.4. The summed E-state index contributed by atoms with van der Waals surface area (Å²) in [4.78, 5) is 26.4. The van der Waals surface area contributed by atoms with Gasteiger partial charge in [0.2, 0.25) is 18.0 Å². The molecule has 0 radical (unpaired) electrons. The molecule has 0 aliphatic carbocycles. The summed E-state index contributed by atoms with van der Waals surface area (Å²) in [5, 5.41) is 4.24. The zero-order valence-electron chi connectivity index (χ0n) is 19.0. The first-order valence-corrected chi connectivity index (χ1v) is 11.0. The average Bonchev–Trinajstić information content (AvgIpc) is 3.27. The van der Waals surface area contributed by atoms with Crippen LogP contribution in [0.2, 0.25) is 0 Å². The lowest BCUT2D eigenvalue weighted by atomic mass is 10.2.